The predicted octanol–water partition coefficient (Wildman–Crippen LogP) is 3.43. The Morgan fingerprint density at radius 3 is 2.86 bits per heavy atom. The minimum atomic E-state index is -0.154. The Morgan fingerprint density at radius 1 is 1.24 bits per heavy atom. The minimum Gasteiger partial charge on any atom is -0.494 e. The van der Waals surface area contributed by atoms with E-state index in [0.717, 1.165) is 22.3 Å². The fourth-order valence-electron chi connectivity index (χ4n) is 2.39. The molecule has 2 aromatic carbocycles. The molecule has 4 nitrogen and oxygen atoms in total. The van der Waals surface area contributed by atoms with Gasteiger partial charge >= 0.3 is 5.69 Å². The van der Waals surface area contributed by atoms with Crippen LogP contribution in [-0.4, -0.2) is 16.2 Å². The number of para-hydroxylation sites is 1. The van der Waals surface area contributed by atoms with Gasteiger partial charge in [-0.25, -0.2) is 4.79 Å². The van der Waals surface area contributed by atoms with Gasteiger partial charge in [-0.05, 0) is 31.2 Å². The molecule has 0 radical (unpaired) electrons. The molecule has 1 heterocycles. The summed E-state index contributed by atoms with van der Waals surface area (Å²) in [5.41, 5.74) is 2.38. The summed E-state index contributed by atoms with van der Waals surface area (Å²) >= 11 is 5.96. The fourth-order valence-corrected chi connectivity index (χ4v) is 2.57. The van der Waals surface area contributed by atoms with Gasteiger partial charge < -0.3 is 9.72 Å². The first-order valence-electron chi connectivity index (χ1n) is 6.78. The number of hydrogen-bond donors (Lipinski definition) is 1. The molecular formula is C16H15ClN2O2. The van der Waals surface area contributed by atoms with Crippen LogP contribution in [0.4, 0.5) is 0 Å². The van der Waals surface area contributed by atoms with Crippen LogP contribution in [0.25, 0.3) is 11.0 Å². The van der Waals surface area contributed by atoms with Crippen LogP contribution in [0.15, 0.2) is 47.3 Å². The summed E-state index contributed by atoms with van der Waals surface area (Å²) in [5, 5.41) is 0.602. The lowest BCUT2D eigenvalue weighted by Crippen LogP contribution is -2.17. The largest absolute Gasteiger partial charge is 0.494 e. The van der Waals surface area contributed by atoms with Gasteiger partial charge in [0.1, 0.15) is 5.75 Å². The van der Waals surface area contributed by atoms with Gasteiger partial charge in [0.15, 0.2) is 0 Å². The number of H-pyrrole nitrogens is 1. The first-order valence-corrected chi connectivity index (χ1v) is 7.15. The molecule has 0 spiro atoms. The van der Waals surface area contributed by atoms with E-state index in [0.29, 0.717) is 18.2 Å². The number of nitrogens with zero attached hydrogens (tertiary/aromatic N) is 1. The number of aromatic nitrogens is 2. The lowest BCUT2D eigenvalue weighted by Gasteiger charge is -2.10. The third-order valence-corrected chi connectivity index (χ3v) is 3.57. The zero-order valence-electron chi connectivity index (χ0n) is 11.6. The number of ether oxygens (including phenoxy) is 1. The summed E-state index contributed by atoms with van der Waals surface area (Å²) in [5.74, 6) is 0.801. The Hall–Kier alpha value is -2.20. The maximum atomic E-state index is 12.1. The lowest BCUT2D eigenvalue weighted by molar-refractivity contribution is 0.336. The molecule has 0 fully saturated rings. The number of imidazole rings is 1. The van der Waals surface area contributed by atoms with Gasteiger partial charge in [0.2, 0.25) is 0 Å². The van der Waals surface area contributed by atoms with Crippen LogP contribution >= 0.6 is 11.6 Å². The second kappa shape index (κ2) is 5.66. The molecule has 5 heteroatoms. The highest BCUT2D eigenvalue weighted by Crippen LogP contribution is 2.21. The lowest BCUT2D eigenvalue weighted by atomic mass is 10.2. The molecule has 1 aromatic heterocycles. The van der Waals surface area contributed by atoms with E-state index in [-0.39, 0.29) is 5.69 Å². The van der Waals surface area contributed by atoms with Gasteiger partial charge in [0.05, 0.1) is 24.2 Å². The van der Waals surface area contributed by atoms with E-state index < -0.39 is 0 Å². The zero-order valence-corrected chi connectivity index (χ0v) is 12.4. The topological polar surface area (TPSA) is 47.0 Å². The summed E-state index contributed by atoms with van der Waals surface area (Å²) in [6.45, 7) is 2.99. The summed E-state index contributed by atoms with van der Waals surface area (Å²) < 4.78 is 7.29. The van der Waals surface area contributed by atoms with Crippen molar-refractivity contribution in [2.45, 2.75) is 13.5 Å². The monoisotopic (exact) mass is 302 g/mol. The smallest absolute Gasteiger partial charge is 0.326 e. The first-order chi connectivity index (χ1) is 10.2. The van der Waals surface area contributed by atoms with Gasteiger partial charge in [-0.1, -0.05) is 29.8 Å². The summed E-state index contributed by atoms with van der Waals surface area (Å²) in [6, 6.07) is 13.1. The molecule has 108 valence electrons. The Balaban J connectivity index is 2.06. The quantitative estimate of drug-likeness (QED) is 0.802. The normalized spacial score (nSPS) is 11.0. The highest BCUT2D eigenvalue weighted by molar-refractivity contribution is 6.31. The Morgan fingerprint density at radius 2 is 2.05 bits per heavy atom. The predicted molar refractivity (Wildman–Crippen MR) is 84.3 cm³/mol. The standard InChI is InChI=1S/C16H15ClN2O2/c1-2-21-15-6-4-3-5-11(15)10-19-14-8-7-12(17)9-13(14)18-16(19)20/h3-9H,2,10H2,1H3,(H,18,20). The summed E-state index contributed by atoms with van der Waals surface area (Å²) in [7, 11) is 0. The molecule has 3 rings (SSSR count). The average molecular weight is 303 g/mol. The van der Waals surface area contributed by atoms with Crippen molar-refractivity contribution in [1.29, 1.82) is 0 Å². The van der Waals surface area contributed by atoms with E-state index >= 15 is 0 Å². The van der Waals surface area contributed by atoms with Crippen LogP contribution < -0.4 is 10.4 Å². The number of rotatable bonds is 4. The van der Waals surface area contributed by atoms with Crippen molar-refractivity contribution in [2.24, 2.45) is 0 Å². The average Bonchev–Trinajstić information content (AvgIpc) is 2.76. The maximum absolute atomic E-state index is 12.1. The van der Waals surface area contributed by atoms with E-state index in [2.05, 4.69) is 4.98 Å². The third-order valence-electron chi connectivity index (χ3n) is 3.34. The number of halogens is 1. The second-order valence-electron chi connectivity index (χ2n) is 4.72. The molecule has 0 aliphatic heterocycles. The maximum Gasteiger partial charge on any atom is 0.326 e. The molecule has 0 unspecified atom stereocenters. The van der Waals surface area contributed by atoms with Gasteiger partial charge in [0, 0.05) is 10.6 Å². The molecule has 0 aliphatic rings. The third kappa shape index (κ3) is 2.67. The van der Waals surface area contributed by atoms with E-state index in [1.807, 2.05) is 37.3 Å². The van der Waals surface area contributed by atoms with E-state index in [1.165, 1.54) is 0 Å². The molecule has 0 saturated carbocycles. The van der Waals surface area contributed by atoms with Crippen LogP contribution in [-0.2, 0) is 6.54 Å². The van der Waals surface area contributed by atoms with E-state index in [4.69, 9.17) is 16.3 Å². The van der Waals surface area contributed by atoms with E-state index in [9.17, 15) is 4.79 Å². The molecule has 0 aliphatic carbocycles. The Bertz CT molecular complexity index is 836. The SMILES string of the molecule is CCOc1ccccc1Cn1c(=O)[nH]c2cc(Cl)ccc21. The number of hydrogen-bond acceptors (Lipinski definition) is 2. The summed E-state index contributed by atoms with van der Waals surface area (Å²) in [4.78, 5) is 15.0. The molecule has 0 amide bonds. The van der Waals surface area contributed by atoms with Gasteiger partial charge in [0.25, 0.3) is 0 Å². The first kappa shape index (κ1) is 13.8. The van der Waals surface area contributed by atoms with Gasteiger partial charge in [-0.3, -0.25) is 4.57 Å². The van der Waals surface area contributed by atoms with Crippen molar-refractivity contribution in [3.63, 3.8) is 0 Å². The molecular weight excluding hydrogens is 288 g/mol. The van der Waals surface area contributed by atoms with Crippen LogP contribution in [0, 0.1) is 0 Å². The Kier molecular flexibility index (Phi) is 3.71. The van der Waals surface area contributed by atoms with Crippen LogP contribution in [0.5, 0.6) is 5.75 Å². The van der Waals surface area contributed by atoms with Crippen LogP contribution in [0.2, 0.25) is 5.02 Å². The van der Waals surface area contributed by atoms with Crippen molar-refractivity contribution >= 4 is 22.6 Å². The molecule has 0 saturated heterocycles. The molecule has 1 N–H and O–H groups in total. The van der Waals surface area contributed by atoms with Crippen molar-refractivity contribution in [2.75, 3.05) is 6.61 Å². The highest BCUT2D eigenvalue weighted by atomic mass is 35.5. The number of benzene rings is 2. The van der Waals surface area contributed by atoms with E-state index in [1.54, 1.807) is 16.7 Å². The van der Waals surface area contributed by atoms with Crippen molar-refractivity contribution < 1.29 is 4.74 Å². The van der Waals surface area contributed by atoms with Gasteiger partial charge in [-0.15, -0.1) is 0 Å². The fraction of sp³-hybridized carbons (Fsp3) is 0.188. The molecule has 0 bridgehead atoms. The highest BCUT2D eigenvalue weighted by Gasteiger charge is 2.10. The van der Waals surface area contributed by atoms with Gasteiger partial charge in [-0.2, -0.15) is 0 Å². The second-order valence-corrected chi connectivity index (χ2v) is 5.15. The Labute approximate surface area is 126 Å². The number of aromatic amines is 1. The zero-order chi connectivity index (χ0) is 14.8. The minimum absolute atomic E-state index is 0.154. The molecule has 0 atom stereocenters. The van der Waals surface area contributed by atoms with Crippen LogP contribution in [0.1, 0.15) is 12.5 Å². The number of fused-ring (bicyclic) bond motifs is 1. The summed E-state index contributed by atoms with van der Waals surface area (Å²) in [6.07, 6.45) is 0. The number of nitrogens with one attached hydrogen (secondary N) is 1. The molecule has 3 aromatic rings. The van der Waals surface area contributed by atoms with Crippen LogP contribution in [0.3, 0.4) is 0 Å². The van der Waals surface area contributed by atoms with Crippen molar-refractivity contribution in [1.82, 2.24) is 9.55 Å². The van der Waals surface area contributed by atoms with Crippen molar-refractivity contribution in [3.8, 4) is 5.75 Å². The molecule has 21 heavy (non-hydrogen) atoms. The van der Waals surface area contributed by atoms with Crippen molar-refractivity contribution in [3.05, 3.63) is 63.5 Å².